The van der Waals surface area contributed by atoms with Crippen LogP contribution in [0.1, 0.15) is 12.1 Å². The number of nitrogens with two attached hydrogens (primary N) is 1. The van der Waals surface area contributed by atoms with E-state index in [0.29, 0.717) is 6.79 Å². The Kier molecular flexibility index (Phi) is 2.29. The molecule has 19 heavy (non-hydrogen) atoms. The fraction of sp³-hybridized carbons (Fsp3) is 0.357. The van der Waals surface area contributed by atoms with Crippen molar-refractivity contribution in [3.63, 3.8) is 0 Å². The Labute approximate surface area is 111 Å². The highest BCUT2D eigenvalue weighted by Crippen LogP contribution is 2.37. The zero-order valence-corrected chi connectivity index (χ0v) is 10.5. The van der Waals surface area contributed by atoms with E-state index in [1.54, 1.807) is 0 Å². The Morgan fingerprint density at radius 1 is 1.26 bits per heavy atom. The van der Waals surface area contributed by atoms with Crippen LogP contribution < -0.4 is 15.2 Å². The first-order valence-electron chi connectivity index (χ1n) is 6.51. The van der Waals surface area contributed by atoms with Crippen LogP contribution >= 0.6 is 0 Å². The van der Waals surface area contributed by atoms with Crippen molar-refractivity contribution < 1.29 is 9.47 Å². The minimum atomic E-state index is 0.242. The Morgan fingerprint density at radius 2 is 2.16 bits per heavy atom. The minimum Gasteiger partial charge on any atom is -0.454 e. The van der Waals surface area contributed by atoms with Crippen molar-refractivity contribution in [3.05, 3.63) is 30.2 Å². The predicted molar refractivity (Wildman–Crippen MR) is 70.1 cm³/mol. The summed E-state index contributed by atoms with van der Waals surface area (Å²) < 4.78 is 12.9. The summed E-state index contributed by atoms with van der Waals surface area (Å²) in [6.07, 6.45) is 3.88. The van der Waals surface area contributed by atoms with Gasteiger partial charge in [-0.3, -0.25) is 0 Å². The lowest BCUT2D eigenvalue weighted by atomic mass is 10.0. The molecule has 2 N–H and O–H groups in total. The fourth-order valence-corrected chi connectivity index (χ4v) is 2.78. The normalized spacial score (nSPS) is 20.4. The summed E-state index contributed by atoms with van der Waals surface area (Å²) in [6.45, 7) is 1.15. The first kappa shape index (κ1) is 10.9. The second-order valence-electron chi connectivity index (χ2n) is 5.06. The molecule has 0 radical (unpaired) electrons. The van der Waals surface area contributed by atoms with E-state index in [4.69, 9.17) is 15.2 Å². The standard InChI is InChI=1S/C14H15N3O2/c15-10-2-3-11-14(16-7-17(11)6-10)9-1-4-12-13(5-9)19-8-18-12/h1,4-5,7,10H,2-3,6,8,15H2. The molecule has 1 aromatic heterocycles. The molecule has 0 spiro atoms. The molecule has 1 aromatic carbocycles. The van der Waals surface area contributed by atoms with Gasteiger partial charge in [-0.25, -0.2) is 4.98 Å². The molecule has 3 heterocycles. The van der Waals surface area contributed by atoms with Gasteiger partial charge in [0.15, 0.2) is 11.5 Å². The van der Waals surface area contributed by atoms with E-state index in [9.17, 15) is 0 Å². The molecule has 5 heteroatoms. The first-order chi connectivity index (χ1) is 9.31. The van der Waals surface area contributed by atoms with E-state index >= 15 is 0 Å². The van der Waals surface area contributed by atoms with Gasteiger partial charge in [0.2, 0.25) is 6.79 Å². The van der Waals surface area contributed by atoms with Crippen molar-refractivity contribution in [1.29, 1.82) is 0 Å². The average molecular weight is 257 g/mol. The SMILES string of the molecule is NC1CCc2c(-c3ccc4c(c3)OCO4)ncn2C1. The van der Waals surface area contributed by atoms with Crippen LogP contribution in [0.5, 0.6) is 11.5 Å². The quantitative estimate of drug-likeness (QED) is 0.842. The largest absolute Gasteiger partial charge is 0.454 e. The molecule has 5 nitrogen and oxygen atoms in total. The van der Waals surface area contributed by atoms with Gasteiger partial charge >= 0.3 is 0 Å². The molecule has 0 amide bonds. The van der Waals surface area contributed by atoms with Gasteiger partial charge in [-0.15, -0.1) is 0 Å². The summed E-state index contributed by atoms with van der Waals surface area (Å²) in [6, 6.07) is 6.22. The number of fused-ring (bicyclic) bond motifs is 2. The highest BCUT2D eigenvalue weighted by atomic mass is 16.7. The number of aromatic nitrogens is 2. The molecule has 1 atom stereocenters. The molecule has 4 rings (SSSR count). The molecular weight excluding hydrogens is 242 g/mol. The Hall–Kier alpha value is -2.01. The lowest BCUT2D eigenvalue weighted by molar-refractivity contribution is 0.174. The molecule has 1 unspecified atom stereocenters. The van der Waals surface area contributed by atoms with E-state index in [0.717, 1.165) is 42.1 Å². The average Bonchev–Trinajstić information content (AvgIpc) is 3.02. The van der Waals surface area contributed by atoms with Crippen LogP contribution in [0.25, 0.3) is 11.3 Å². The number of nitrogens with zero attached hydrogens (tertiary/aromatic N) is 2. The van der Waals surface area contributed by atoms with E-state index in [1.807, 2.05) is 24.5 Å². The number of imidazole rings is 1. The van der Waals surface area contributed by atoms with Crippen LogP contribution in [0.4, 0.5) is 0 Å². The molecular formula is C14H15N3O2. The second-order valence-corrected chi connectivity index (χ2v) is 5.06. The summed E-state index contributed by atoms with van der Waals surface area (Å²) in [7, 11) is 0. The van der Waals surface area contributed by atoms with Crippen LogP contribution in [-0.4, -0.2) is 22.4 Å². The molecule has 0 bridgehead atoms. The Bertz CT molecular complexity index is 636. The van der Waals surface area contributed by atoms with Gasteiger partial charge in [-0.1, -0.05) is 0 Å². The first-order valence-corrected chi connectivity index (χ1v) is 6.51. The molecule has 2 aliphatic rings. The maximum absolute atomic E-state index is 5.99. The van der Waals surface area contributed by atoms with Crippen molar-refractivity contribution in [3.8, 4) is 22.8 Å². The lowest BCUT2D eigenvalue weighted by Gasteiger charge is -2.21. The molecule has 98 valence electrons. The van der Waals surface area contributed by atoms with Crippen molar-refractivity contribution in [1.82, 2.24) is 9.55 Å². The van der Waals surface area contributed by atoms with Crippen molar-refractivity contribution in [2.75, 3.05) is 6.79 Å². The Balaban J connectivity index is 1.77. The van der Waals surface area contributed by atoms with Crippen LogP contribution in [0, 0.1) is 0 Å². The molecule has 0 saturated heterocycles. The zero-order chi connectivity index (χ0) is 12.8. The van der Waals surface area contributed by atoms with Crippen molar-refractivity contribution >= 4 is 0 Å². The molecule has 0 fully saturated rings. The van der Waals surface area contributed by atoms with E-state index < -0.39 is 0 Å². The van der Waals surface area contributed by atoms with Crippen LogP contribution in [0.2, 0.25) is 0 Å². The maximum atomic E-state index is 5.99. The summed E-state index contributed by atoms with van der Waals surface area (Å²) in [5.41, 5.74) is 9.36. The smallest absolute Gasteiger partial charge is 0.231 e. The molecule has 0 aliphatic carbocycles. The third-order valence-electron chi connectivity index (χ3n) is 3.78. The zero-order valence-electron chi connectivity index (χ0n) is 10.5. The summed E-state index contributed by atoms with van der Waals surface area (Å²) in [5.74, 6) is 1.60. The van der Waals surface area contributed by atoms with Crippen LogP contribution in [-0.2, 0) is 13.0 Å². The number of rotatable bonds is 1. The molecule has 2 aromatic rings. The van der Waals surface area contributed by atoms with Gasteiger partial charge in [0, 0.05) is 23.8 Å². The number of hydrogen-bond donors (Lipinski definition) is 1. The Morgan fingerprint density at radius 3 is 3.11 bits per heavy atom. The van der Waals surface area contributed by atoms with Crippen LogP contribution in [0.15, 0.2) is 24.5 Å². The lowest BCUT2D eigenvalue weighted by Crippen LogP contribution is -2.31. The van der Waals surface area contributed by atoms with Gasteiger partial charge in [0.1, 0.15) is 0 Å². The highest BCUT2D eigenvalue weighted by Gasteiger charge is 2.21. The topological polar surface area (TPSA) is 62.3 Å². The molecule has 0 saturated carbocycles. The minimum absolute atomic E-state index is 0.242. The van der Waals surface area contributed by atoms with Gasteiger partial charge < -0.3 is 19.8 Å². The number of hydrogen-bond acceptors (Lipinski definition) is 4. The monoisotopic (exact) mass is 257 g/mol. The van der Waals surface area contributed by atoms with Gasteiger partial charge in [0.25, 0.3) is 0 Å². The third kappa shape index (κ3) is 1.69. The van der Waals surface area contributed by atoms with Gasteiger partial charge in [-0.2, -0.15) is 0 Å². The van der Waals surface area contributed by atoms with Gasteiger partial charge in [0.05, 0.1) is 12.0 Å². The van der Waals surface area contributed by atoms with Crippen molar-refractivity contribution in [2.24, 2.45) is 5.73 Å². The van der Waals surface area contributed by atoms with Gasteiger partial charge in [-0.05, 0) is 31.0 Å². The number of ether oxygens (including phenoxy) is 2. The fourth-order valence-electron chi connectivity index (χ4n) is 2.78. The van der Waals surface area contributed by atoms with Crippen molar-refractivity contribution in [2.45, 2.75) is 25.4 Å². The van der Waals surface area contributed by atoms with E-state index in [-0.39, 0.29) is 6.04 Å². The molecule has 2 aliphatic heterocycles. The number of benzene rings is 1. The second kappa shape index (κ2) is 3.99. The van der Waals surface area contributed by atoms with Crippen LogP contribution in [0.3, 0.4) is 0 Å². The third-order valence-corrected chi connectivity index (χ3v) is 3.78. The van der Waals surface area contributed by atoms with E-state index in [2.05, 4.69) is 9.55 Å². The highest BCUT2D eigenvalue weighted by molar-refractivity contribution is 5.66. The summed E-state index contributed by atoms with van der Waals surface area (Å²) in [4.78, 5) is 4.54. The summed E-state index contributed by atoms with van der Waals surface area (Å²) >= 11 is 0. The predicted octanol–water partition coefficient (Wildman–Crippen LogP) is 1.55. The maximum Gasteiger partial charge on any atom is 0.231 e. The summed E-state index contributed by atoms with van der Waals surface area (Å²) in [5, 5.41) is 0. The van der Waals surface area contributed by atoms with E-state index in [1.165, 1.54) is 5.69 Å².